The van der Waals surface area contributed by atoms with Crippen LogP contribution in [0.5, 0.6) is 0 Å². The van der Waals surface area contributed by atoms with Crippen LogP contribution in [-0.2, 0) is 0 Å². The molecule has 2 aromatic heterocycles. The summed E-state index contributed by atoms with van der Waals surface area (Å²) < 4.78 is 13.1. The fraction of sp³-hybridized carbons (Fsp3) is 0.357. The van der Waals surface area contributed by atoms with Gasteiger partial charge in [0.2, 0.25) is 0 Å². The summed E-state index contributed by atoms with van der Waals surface area (Å²) in [5.41, 5.74) is 0.825. The smallest absolute Gasteiger partial charge is 0.267 e. The molecule has 21 heavy (non-hydrogen) atoms. The maximum Gasteiger partial charge on any atom is 0.267 e. The Hall–Kier alpha value is -1.53. The van der Waals surface area contributed by atoms with Crippen LogP contribution in [0.25, 0.3) is 10.6 Å². The van der Waals surface area contributed by atoms with Gasteiger partial charge in [-0.2, -0.15) is 0 Å². The van der Waals surface area contributed by atoms with Crippen molar-refractivity contribution in [1.29, 1.82) is 0 Å². The zero-order valence-electron chi connectivity index (χ0n) is 11.1. The first kappa shape index (κ1) is 14.4. The predicted molar refractivity (Wildman–Crippen MR) is 80.4 cm³/mol. The van der Waals surface area contributed by atoms with E-state index in [4.69, 9.17) is 11.6 Å². The van der Waals surface area contributed by atoms with Crippen molar-refractivity contribution in [3.63, 3.8) is 0 Å². The van der Waals surface area contributed by atoms with Crippen LogP contribution in [0.3, 0.4) is 0 Å². The number of likely N-dealkylation sites (tertiary alicyclic amines) is 1. The highest BCUT2D eigenvalue weighted by atomic mass is 35.5. The van der Waals surface area contributed by atoms with Gasteiger partial charge >= 0.3 is 0 Å². The number of pyridine rings is 1. The van der Waals surface area contributed by atoms with Gasteiger partial charge in [0, 0.05) is 31.0 Å². The van der Waals surface area contributed by atoms with Crippen molar-refractivity contribution in [1.82, 2.24) is 14.9 Å². The minimum absolute atomic E-state index is 0.167. The van der Waals surface area contributed by atoms with Crippen molar-refractivity contribution in [2.75, 3.05) is 13.1 Å². The number of thiazole rings is 1. The van der Waals surface area contributed by atoms with Crippen molar-refractivity contribution in [2.45, 2.75) is 19.0 Å². The molecule has 0 saturated carbocycles. The lowest BCUT2D eigenvalue weighted by molar-refractivity contribution is 0.0672. The molecule has 0 aliphatic carbocycles. The lowest BCUT2D eigenvalue weighted by Gasteiger charge is -2.28. The fourth-order valence-corrected chi connectivity index (χ4v) is 3.49. The van der Waals surface area contributed by atoms with Crippen LogP contribution in [0.1, 0.15) is 22.5 Å². The first-order valence-electron chi connectivity index (χ1n) is 6.65. The first-order chi connectivity index (χ1) is 10.1. The zero-order valence-corrected chi connectivity index (χ0v) is 12.7. The SMILES string of the molecule is O=C(c1sc(-c2cccnc2)nc1Cl)N1CCC(F)CC1. The Labute approximate surface area is 130 Å². The summed E-state index contributed by atoms with van der Waals surface area (Å²) >= 11 is 7.34. The van der Waals surface area contributed by atoms with E-state index in [1.54, 1.807) is 23.4 Å². The fourth-order valence-electron chi connectivity index (χ4n) is 2.24. The molecule has 1 aliphatic rings. The highest BCUT2D eigenvalue weighted by Gasteiger charge is 2.27. The lowest BCUT2D eigenvalue weighted by atomic mass is 10.1. The van der Waals surface area contributed by atoms with Crippen LogP contribution >= 0.6 is 22.9 Å². The molecule has 0 spiro atoms. The molecule has 0 unspecified atom stereocenters. The molecule has 0 radical (unpaired) electrons. The first-order valence-corrected chi connectivity index (χ1v) is 7.84. The van der Waals surface area contributed by atoms with E-state index in [-0.39, 0.29) is 11.1 Å². The minimum atomic E-state index is -0.808. The Balaban J connectivity index is 1.83. The van der Waals surface area contributed by atoms with Gasteiger partial charge in [-0.3, -0.25) is 9.78 Å². The van der Waals surface area contributed by atoms with E-state index < -0.39 is 6.17 Å². The van der Waals surface area contributed by atoms with E-state index in [0.717, 1.165) is 5.56 Å². The lowest BCUT2D eigenvalue weighted by Crippen LogP contribution is -2.38. The highest BCUT2D eigenvalue weighted by Crippen LogP contribution is 2.32. The second-order valence-electron chi connectivity index (χ2n) is 4.85. The van der Waals surface area contributed by atoms with E-state index in [1.807, 2.05) is 6.07 Å². The normalized spacial score (nSPS) is 16.2. The third-order valence-corrected chi connectivity index (χ3v) is 4.88. The summed E-state index contributed by atoms with van der Waals surface area (Å²) in [4.78, 5) is 22.8. The third kappa shape index (κ3) is 3.06. The van der Waals surface area contributed by atoms with Gasteiger partial charge < -0.3 is 4.90 Å². The molecule has 1 fully saturated rings. The zero-order chi connectivity index (χ0) is 14.8. The number of piperidine rings is 1. The van der Waals surface area contributed by atoms with E-state index in [0.29, 0.717) is 35.8 Å². The Bertz CT molecular complexity index is 641. The third-order valence-electron chi connectivity index (χ3n) is 3.40. The Morgan fingerprint density at radius 3 is 2.86 bits per heavy atom. The number of halogens is 2. The van der Waals surface area contributed by atoms with Crippen LogP contribution < -0.4 is 0 Å². The maximum atomic E-state index is 13.1. The van der Waals surface area contributed by atoms with Crippen molar-refractivity contribution in [2.24, 2.45) is 0 Å². The quantitative estimate of drug-likeness (QED) is 0.849. The van der Waals surface area contributed by atoms with Crippen LogP contribution in [0.15, 0.2) is 24.5 Å². The van der Waals surface area contributed by atoms with Gasteiger partial charge in [-0.25, -0.2) is 9.37 Å². The highest BCUT2D eigenvalue weighted by molar-refractivity contribution is 7.17. The molecule has 4 nitrogen and oxygen atoms in total. The number of amides is 1. The molecule has 1 saturated heterocycles. The van der Waals surface area contributed by atoms with Crippen LogP contribution in [0, 0.1) is 0 Å². The standard InChI is InChI=1S/C14H13ClFN3OS/c15-12-11(14(20)19-6-3-10(16)4-7-19)21-13(18-12)9-2-1-5-17-8-9/h1-2,5,8,10H,3-4,6-7H2. The summed E-state index contributed by atoms with van der Waals surface area (Å²) in [6.45, 7) is 0.854. The average molecular weight is 326 g/mol. The van der Waals surface area contributed by atoms with E-state index in [2.05, 4.69) is 9.97 Å². The molecule has 110 valence electrons. The number of rotatable bonds is 2. The number of aromatic nitrogens is 2. The summed E-state index contributed by atoms with van der Waals surface area (Å²) in [5, 5.41) is 0.864. The molecule has 2 aromatic rings. The second kappa shape index (κ2) is 6.07. The predicted octanol–water partition coefficient (Wildman–Crippen LogP) is 3.43. The van der Waals surface area contributed by atoms with Gasteiger partial charge in [0.05, 0.1) is 0 Å². The van der Waals surface area contributed by atoms with Gasteiger partial charge in [-0.15, -0.1) is 11.3 Å². The molecule has 0 aromatic carbocycles. The largest absolute Gasteiger partial charge is 0.338 e. The Morgan fingerprint density at radius 1 is 1.43 bits per heavy atom. The minimum Gasteiger partial charge on any atom is -0.338 e. The van der Waals surface area contributed by atoms with E-state index in [9.17, 15) is 9.18 Å². The molecule has 3 heterocycles. The van der Waals surface area contributed by atoms with Crippen molar-refractivity contribution in [3.8, 4) is 10.6 Å². The molecule has 7 heteroatoms. The van der Waals surface area contributed by atoms with Gasteiger partial charge in [0.1, 0.15) is 16.1 Å². The van der Waals surface area contributed by atoms with E-state index >= 15 is 0 Å². The summed E-state index contributed by atoms with van der Waals surface area (Å²) in [5.74, 6) is -0.167. The van der Waals surface area contributed by atoms with Crippen LogP contribution in [0.4, 0.5) is 4.39 Å². The number of hydrogen-bond donors (Lipinski definition) is 0. The van der Waals surface area contributed by atoms with E-state index in [1.165, 1.54) is 11.3 Å². The summed E-state index contributed by atoms with van der Waals surface area (Å²) in [6, 6.07) is 3.67. The number of carbonyl (C=O) groups excluding carboxylic acids is 1. The number of alkyl halides is 1. The van der Waals surface area contributed by atoms with Crippen LogP contribution in [0.2, 0.25) is 5.15 Å². The number of carbonyl (C=O) groups is 1. The molecule has 1 amide bonds. The van der Waals surface area contributed by atoms with Gasteiger partial charge in [0.15, 0.2) is 5.15 Å². The monoisotopic (exact) mass is 325 g/mol. The Kier molecular flexibility index (Phi) is 4.17. The Morgan fingerprint density at radius 2 is 2.19 bits per heavy atom. The topological polar surface area (TPSA) is 46.1 Å². The summed E-state index contributed by atoms with van der Waals surface area (Å²) in [6.07, 6.45) is 3.32. The molecule has 0 atom stereocenters. The molecular weight excluding hydrogens is 313 g/mol. The molecular formula is C14H13ClFN3OS. The van der Waals surface area contributed by atoms with Gasteiger partial charge in [-0.1, -0.05) is 11.6 Å². The van der Waals surface area contributed by atoms with Gasteiger partial charge in [-0.05, 0) is 25.0 Å². The maximum absolute atomic E-state index is 13.1. The summed E-state index contributed by atoms with van der Waals surface area (Å²) in [7, 11) is 0. The second-order valence-corrected chi connectivity index (χ2v) is 6.20. The van der Waals surface area contributed by atoms with Gasteiger partial charge in [0.25, 0.3) is 5.91 Å². The molecule has 0 N–H and O–H groups in total. The number of hydrogen-bond acceptors (Lipinski definition) is 4. The van der Waals surface area contributed by atoms with Crippen molar-refractivity contribution < 1.29 is 9.18 Å². The average Bonchev–Trinajstić information content (AvgIpc) is 2.90. The van der Waals surface area contributed by atoms with Crippen LogP contribution in [-0.4, -0.2) is 40.0 Å². The molecule has 3 rings (SSSR count). The molecule has 0 bridgehead atoms. The van der Waals surface area contributed by atoms with Crippen molar-refractivity contribution in [3.05, 3.63) is 34.6 Å². The van der Waals surface area contributed by atoms with Crippen molar-refractivity contribution >= 4 is 28.8 Å². The molecule has 1 aliphatic heterocycles. The number of nitrogens with zero attached hydrogens (tertiary/aromatic N) is 3.